The molecule has 27 heavy (non-hydrogen) atoms. The monoisotopic (exact) mass is 377 g/mol. The molecular weight excluding hydrogens is 342 g/mol. The van der Waals surface area contributed by atoms with Crippen molar-refractivity contribution in [1.29, 1.82) is 0 Å². The standard InChI is InChI=1S/C21H35N3O3/c1-21(2,3)27-20(26)22-17-4-6-24(7-5-17)19(25)23-18-15-9-13-8-14(11-15)12-16(18)10-13/h13-18H,4-12H2,1-3H3,(H,22,26)(H,23,25). The molecule has 5 rings (SSSR count). The summed E-state index contributed by atoms with van der Waals surface area (Å²) in [6, 6.07) is 0.580. The van der Waals surface area contributed by atoms with Crippen molar-refractivity contribution in [3.8, 4) is 0 Å². The van der Waals surface area contributed by atoms with Gasteiger partial charge in [0.1, 0.15) is 5.60 Å². The Morgan fingerprint density at radius 1 is 0.889 bits per heavy atom. The summed E-state index contributed by atoms with van der Waals surface area (Å²) >= 11 is 0. The van der Waals surface area contributed by atoms with Crippen LogP contribution in [0.2, 0.25) is 0 Å². The van der Waals surface area contributed by atoms with Crippen molar-refractivity contribution in [3.05, 3.63) is 0 Å². The number of hydrogen-bond acceptors (Lipinski definition) is 3. The van der Waals surface area contributed by atoms with Crippen molar-refractivity contribution < 1.29 is 14.3 Å². The number of ether oxygens (including phenoxy) is 1. The van der Waals surface area contributed by atoms with E-state index in [1.54, 1.807) is 0 Å². The molecule has 4 aliphatic carbocycles. The van der Waals surface area contributed by atoms with Crippen LogP contribution in [0.5, 0.6) is 0 Å². The van der Waals surface area contributed by atoms with Crippen LogP contribution in [-0.4, -0.2) is 47.8 Å². The molecule has 3 amide bonds. The maximum absolute atomic E-state index is 12.8. The number of nitrogens with zero attached hydrogens (tertiary/aromatic N) is 1. The maximum Gasteiger partial charge on any atom is 0.407 e. The van der Waals surface area contributed by atoms with Crippen LogP contribution >= 0.6 is 0 Å². The number of rotatable bonds is 2. The maximum atomic E-state index is 12.8. The summed E-state index contributed by atoms with van der Waals surface area (Å²) < 4.78 is 5.33. The van der Waals surface area contributed by atoms with Gasteiger partial charge in [-0.2, -0.15) is 0 Å². The Labute approximate surface area is 162 Å². The second-order valence-electron chi connectivity index (χ2n) is 10.3. The van der Waals surface area contributed by atoms with Crippen LogP contribution in [0.3, 0.4) is 0 Å². The number of hydrogen-bond donors (Lipinski definition) is 2. The van der Waals surface area contributed by atoms with E-state index in [1.165, 1.54) is 32.1 Å². The van der Waals surface area contributed by atoms with Gasteiger partial charge in [0.05, 0.1) is 0 Å². The third-order valence-electron chi connectivity index (χ3n) is 7.02. The minimum atomic E-state index is -0.483. The number of nitrogens with one attached hydrogen (secondary N) is 2. The van der Waals surface area contributed by atoms with Gasteiger partial charge in [-0.15, -0.1) is 0 Å². The van der Waals surface area contributed by atoms with E-state index in [2.05, 4.69) is 10.6 Å². The van der Waals surface area contributed by atoms with Gasteiger partial charge in [-0.1, -0.05) is 0 Å². The van der Waals surface area contributed by atoms with Gasteiger partial charge in [-0.25, -0.2) is 9.59 Å². The number of likely N-dealkylation sites (tertiary alicyclic amines) is 1. The first-order valence-corrected chi connectivity index (χ1v) is 10.8. The Bertz CT molecular complexity index is 550. The van der Waals surface area contributed by atoms with E-state index in [0.29, 0.717) is 31.0 Å². The molecule has 6 heteroatoms. The lowest BCUT2D eigenvalue weighted by molar-refractivity contribution is -0.0113. The van der Waals surface area contributed by atoms with Crippen LogP contribution in [0.25, 0.3) is 0 Å². The lowest BCUT2D eigenvalue weighted by Gasteiger charge is -2.54. The van der Waals surface area contributed by atoms with Crippen molar-refractivity contribution in [3.63, 3.8) is 0 Å². The zero-order chi connectivity index (χ0) is 19.2. The smallest absolute Gasteiger partial charge is 0.407 e. The molecule has 4 bridgehead atoms. The molecule has 0 radical (unpaired) electrons. The Morgan fingerprint density at radius 2 is 1.44 bits per heavy atom. The highest BCUT2D eigenvalue weighted by atomic mass is 16.6. The molecule has 1 heterocycles. The lowest BCUT2D eigenvalue weighted by Crippen LogP contribution is -2.59. The normalized spacial score (nSPS) is 35.8. The Morgan fingerprint density at radius 3 is 1.96 bits per heavy atom. The fraction of sp³-hybridized carbons (Fsp3) is 0.905. The molecule has 152 valence electrons. The average Bonchev–Trinajstić information content (AvgIpc) is 2.56. The summed E-state index contributed by atoms with van der Waals surface area (Å²) in [7, 11) is 0. The van der Waals surface area contributed by atoms with Crippen LogP contribution in [0.1, 0.15) is 65.7 Å². The minimum absolute atomic E-state index is 0.0880. The molecule has 0 atom stereocenters. The SMILES string of the molecule is CC(C)(C)OC(=O)NC1CCN(C(=O)NC2C3CC4CC(C3)CC2C4)CC1. The van der Waals surface area contributed by atoms with Crippen molar-refractivity contribution in [1.82, 2.24) is 15.5 Å². The van der Waals surface area contributed by atoms with E-state index < -0.39 is 5.60 Å². The first kappa shape index (κ1) is 18.9. The number of urea groups is 1. The predicted molar refractivity (Wildman–Crippen MR) is 103 cm³/mol. The Kier molecular flexibility index (Phi) is 5.02. The molecule has 0 aromatic heterocycles. The third kappa shape index (κ3) is 4.35. The Balaban J connectivity index is 1.23. The van der Waals surface area contributed by atoms with E-state index in [4.69, 9.17) is 4.74 Å². The average molecular weight is 378 g/mol. The summed E-state index contributed by atoms with van der Waals surface area (Å²) in [4.78, 5) is 26.7. The molecule has 5 fully saturated rings. The number of piperidine rings is 1. The fourth-order valence-electron chi connectivity index (χ4n) is 6.10. The zero-order valence-corrected chi connectivity index (χ0v) is 17.0. The van der Waals surface area contributed by atoms with Gasteiger partial charge in [0.2, 0.25) is 0 Å². The molecular formula is C21H35N3O3. The van der Waals surface area contributed by atoms with Gasteiger partial charge >= 0.3 is 12.1 Å². The predicted octanol–water partition coefficient (Wildman–Crippen LogP) is 3.51. The lowest BCUT2D eigenvalue weighted by atomic mass is 9.54. The molecule has 1 saturated heterocycles. The summed E-state index contributed by atoms with van der Waals surface area (Å²) in [6.07, 6.45) is 7.92. The minimum Gasteiger partial charge on any atom is -0.444 e. The van der Waals surface area contributed by atoms with Crippen LogP contribution in [-0.2, 0) is 4.74 Å². The molecule has 0 unspecified atom stereocenters. The van der Waals surface area contributed by atoms with Crippen LogP contribution in [0.4, 0.5) is 9.59 Å². The summed E-state index contributed by atoms with van der Waals surface area (Å²) in [5.41, 5.74) is -0.483. The van der Waals surface area contributed by atoms with E-state index >= 15 is 0 Å². The molecule has 0 spiro atoms. The first-order chi connectivity index (χ1) is 12.8. The first-order valence-electron chi connectivity index (χ1n) is 10.8. The third-order valence-corrected chi connectivity index (χ3v) is 7.02. The van der Waals surface area contributed by atoms with E-state index in [1.807, 2.05) is 25.7 Å². The largest absolute Gasteiger partial charge is 0.444 e. The zero-order valence-electron chi connectivity index (χ0n) is 17.0. The quantitative estimate of drug-likeness (QED) is 0.774. The summed E-state index contributed by atoms with van der Waals surface area (Å²) in [5, 5.41) is 6.33. The number of carbonyl (C=O) groups is 2. The van der Waals surface area contributed by atoms with Gasteiger partial charge in [0, 0.05) is 25.2 Å². The highest BCUT2D eigenvalue weighted by Crippen LogP contribution is 2.53. The van der Waals surface area contributed by atoms with Crippen molar-refractivity contribution in [2.45, 2.75) is 83.4 Å². The number of alkyl carbamates (subject to hydrolysis) is 1. The van der Waals surface area contributed by atoms with E-state index in [0.717, 1.165) is 24.7 Å². The number of amides is 3. The van der Waals surface area contributed by atoms with Crippen molar-refractivity contribution in [2.24, 2.45) is 23.7 Å². The van der Waals surface area contributed by atoms with Gasteiger partial charge in [0.15, 0.2) is 0 Å². The second kappa shape index (κ2) is 7.17. The molecule has 5 aliphatic rings. The molecule has 0 aromatic carbocycles. The molecule has 6 nitrogen and oxygen atoms in total. The van der Waals surface area contributed by atoms with Gasteiger partial charge < -0.3 is 20.3 Å². The van der Waals surface area contributed by atoms with Crippen LogP contribution in [0.15, 0.2) is 0 Å². The summed E-state index contributed by atoms with van der Waals surface area (Å²) in [5.74, 6) is 3.26. The molecule has 2 N–H and O–H groups in total. The number of carbonyl (C=O) groups excluding carboxylic acids is 2. The van der Waals surface area contributed by atoms with Gasteiger partial charge in [0.25, 0.3) is 0 Å². The van der Waals surface area contributed by atoms with Crippen molar-refractivity contribution >= 4 is 12.1 Å². The second-order valence-corrected chi connectivity index (χ2v) is 10.3. The Hall–Kier alpha value is -1.46. The topological polar surface area (TPSA) is 70.7 Å². The van der Waals surface area contributed by atoms with Gasteiger partial charge in [-0.05, 0) is 89.4 Å². The highest BCUT2D eigenvalue weighted by molar-refractivity contribution is 5.75. The van der Waals surface area contributed by atoms with Gasteiger partial charge in [-0.3, -0.25) is 0 Å². The summed E-state index contributed by atoms with van der Waals surface area (Å²) in [6.45, 7) is 6.98. The van der Waals surface area contributed by atoms with Crippen molar-refractivity contribution in [2.75, 3.05) is 13.1 Å². The highest BCUT2D eigenvalue weighted by Gasteiger charge is 2.48. The van der Waals surface area contributed by atoms with Crippen LogP contribution < -0.4 is 10.6 Å². The van der Waals surface area contributed by atoms with E-state index in [-0.39, 0.29) is 18.2 Å². The molecule has 4 saturated carbocycles. The molecule has 1 aliphatic heterocycles. The van der Waals surface area contributed by atoms with Crippen LogP contribution in [0, 0.1) is 23.7 Å². The molecule has 0 aromatic rings. The van der Waals surface area contributed by atoms with E-state index in [9.17, 15) is 9.59 Å². The fourth-order valence-corrected chi connectivity index (χ4v) is 6.10.